The molecule has 0 radical (unpaired) electrons. The van der Waals surface area contributed by atoms with E-state index in [2.05, 4.69) is 22.1 Å². The number of hydrogen-bond donors (Lipinski definition) is 1. The van der Waals surface area contributed by atoms with Gasteiger partial charge in [-0.15, -0.1) is 0 Å². The van der Waals surface area contributed by atoms with E-state index in [1.54, 1.807) is 6.07 Å². The molecule has 4 rings (SSSR count). The first kappa shape index (κ1) is 20.2. The first-order chi connectivity index (χ1) is 14.0. The van der Waals surface area contributed by atoms with Gasteiger partial charge in [-0.2, -0.15) is 5.10 Å². The van der Waals surface area contributed by atoms with Gasteiger partial charge < -0.3 is 9.84 Å². The highest BCUT2D eigenvalue weighted by molar-refractivity contribution is 6.30. The summed E-state index contributed by atoms with van der Waals surface area (Å²) >= 11 is 6.01. The maximum absolute atomic E-state index is 11.0. The zero-order chi connectivity index (χ0) is 20.3. The van der Waals surface area contributed by atoms with Gasteiger partial charge in [0.1, 0.15) is 11.5 Å². The molecular formula is C23H28ClN3O2. The Morgan fingerprint density at radius 2 is 1.90 bits per heavy atom. The molecule has 6 heteroatoms. The van der Waals surface area contributed by atoms with E-state index in [0.717, 1.165) is 56.8 Å². The topological polar surface area (TPSA) is 48.3 Å². The lowest BCUT2D eigenvalue weighted by Crippen LogP contribution is -2.47. The predicted octanol–water partition coefficient (Wildman–Crippen LogP) is 4.54. The highest BCUT2D eigenvalue weighted by atomic mass is 35.5. The van der Waals surface area contributed by atoms with Crippen molar-refractivity contribution >= 4 is 17.8 Å². The molecule has 2 aromatic carbocycles. The van der Waals surface area contributed by atoms with Crippen molar-refractivity contribution < 1.29 is 9.84 Å². The summed E-state index contributed by atoms with van der Waals surface area (Å²) in [6.07, 6.45) is 5.31. The molecule has 2 aromatic rings. The zero-order valence-electron chi connectivity index (χ0n) is 16.8. The molecule has 0 aliphatic carbocycles. The zero-order valence-corrected chi connectivity index (χ0v) is 17.6. The molecular weight excluding hydrogens is 386 g/mol. The smallest absolute Gasteiger partial charge is 0.128 e. The van der Waals surface area contributed by atoms with Crippen LogP contribution in [0.25, 0.3) is 0 Å². The van der Waals surface area contributed by atoms with Crippen molar-refractivity contribution in [3.05, 3.63) is 59.1 Å². The number of benzene rings is 2. The maximum atomic E-state index is 11.0. The molecule has 0 aromatic heterocycles. The summed E-state index contributed by atoms with van der Waals surface area (Å²) in [6.45, 7) is 2.71. The largest absolute Gasteiger partial charge is 0.457 e. The standard InChI is InChI=1S/C23H28ClN3O2/c1-26-20(9-12-25-26)16-23(28)10-13-27(14-11-23)17-18-5-7-21(8-6-18)29-22-4-2-3-19(24)15-22/h2-8,12,15,20,28H,9-11,13-14,16-17H2,1H3. The lowest BCUT2D eigenvalue weighted by atomic mass is 9.84. The van der Waals surface area contributed by atoms with Crippen LogP contribution in [0.5, 0.6) is 11.5 Å². The second-order valence-corrected chi connectivity index (χ2v) is 8.61. The fourth-order valence-corrected chi connectivity index (χ4v) is 4.30. The van der Waals surface area contributed by atoms with Crippen LogP contribution in [-0.4, -0.2) is 53.0 Å². The van der Waals surface area contributed by atoms with E-state index < -0.39 is 5.60 Å². The number of nitrogens with zero attached hydrogens (tertiary/aromatic N) is 3. The lowest BCUT2D eigenvalue weighted by Gasteiger charge is -2.40. The van der Waals surface area contributed by atoms with Crippen LogP contribution in [0.3, 0.4) is 0 Å². The molecule has 154 valence electrons. The van der Waals surface area contributed by atoms with E-state index in [-0.39, 0.29) is 0 Å². The summed E-state index contributed by atoms with van der Waals surface area (Å²) in [5.74, 6) is 1.53. The highest BCUT2D eigenvalue weighted by Crippen LogP contribution is 2.31. The van der Waals surface area contributed by atoms with Gasteiger partial charge in [0.25, 0.3) is 0 Å². The first-order valence-corrected chi connectivity index (χ1v) is 10.6. The van der Waals surface area contributed by atoms with Crippen molar-refractivity contribution in [1.29, 1.82) is 0 Å². The van der Waals surface area contributed by atoms with E-state index in [9.17, 15) is 5.11 Å². The normalized spacial score (nSPS) is 21.5. The van der Waals surface area contributed by atoms with Crippen molar-refractivity contribution in [2.24, 2.45) is 5.10 Å². The Bertz CT molecular complexity index is 847. The Labute approximate surface area is 177 Å². The second-order valence-electron chi connectivity index (χ2n) is 8.17. The summed E-state index contributed by atoms with van der Waals surface area (Å²) in [7, 11) is 1.99. The minimum Gasteiger partial charge on any atom is -0.457 e. The van der Waals surface area contributed by atoms with E-state index in [0.29, 0.717) is 11.1 Å². The van der Waals surface area contributed by atoms with Crippen molar-refractivity contribution in [1.82, 2.24) is 9.91 Å². The van der Waals surface area contributed by atoms with Crippen LogP contribution in [0.15, 0.2) is 53.6 Å². The number of aliphatic hydroxyl groups is 1. The molecule has 1 fully saturated rings. The quantitative estimate of drug-likeness (QED) is 0.755. The van der Waals surface area contributed by atoms with Crippen LogP contribution >= 0.6 is 11.6 Å². The molecule has 0 amide bonds. The molecule has 0 spiro atoms. The number of rotatable bonds is 6. The average Bonchev–Trinajstić information content (AvgIpc) is 3.09. The van der Waals surface area contributed by atoms with Crippen LogP contribution in [0.1, 0.15) is 31.2 Å². The minimum absolute atomic E-state index is 0.332. The van der Waals surface area contributed by atoms with E-state index >= 15 is 0 Å². The molecule has 1 saturated heterocycles. The maximum Gasteiger partial charge on any atom is 0.128 e. The van der Waals surface area contributed by atoms with Crippen LogP contribution in [-0.2, 0) is 6.54 Å². The van der Waals surface area contributed by atoms with Gasteiger partial charge in [-0.05, 0) is 55.2 Å². The Morgan fingerprint density at radius 3 is 2.55 bits per heavy atom. The summed E-state index contributed by atoms with van der Waals surface area (Å²) in [5, 5.41) is 17.9. The summed E-state index contributed by atoms with van der Waals surface area (Å²) < 4.78 is 5.86. The molecule has 1 atom stereocenters. The van der Waals surface area contributed by atoms with Gasteiger partial charge in [0.2, 0.25) is 0 Å². The van der Waals surface area contributed by atoms with Gasteiger partial charge in [0.15, 0.2) is 0 Å². The Balaban J connectivity index is 1.27. The van der Waals surface area contributed by atoms with E-state index in [1.807, 2.05) is 48.6 Å². The second kappa shape index (κ2) is 8.74. The van der Waals surface area contributed by atoms with Gasteiger partial charge in [0, 0.05) is 44.3 Å². The average molecular weight is 414 g/mol. The molecule has 1 unspecified atom stereocenters. The van der Waals surface area contributed by atoms with Gasteiger partial charge >= 0.3 is 0 Å². The fourth-order valence-electron chi connectivity index (χ4n) is 4.12. The first-order valence-electron chi connectivity index (χ1n) is 10.2. The third-order valence-electron chi connectivity index (χ3n) is 5.93. The van der Waals surface area contributed by atoms with E-state index in [1.165, 1.54) is 5.56 Å². The monoisotopic (exact) mass is 413 g/mol. The number of likely N-dealkylation sites (tertiary alicyclic amines) is 1. The van der Waals surface area contributed by atoms with Crippen LogP contribution < -0.4 is 4.74 Å². The third kappa shape index (κ3) is 5.30. The van der Waals surface area contributed by atoms with Crippen LogP contribution in [0, 0.1) is 0 Å². The van der Waals surface area contributed by atoms with Gasteiger partial charge in [0.05, 0.1) is 11.6 Å². The van der Waals surface area contributed by atoms with Crippen molar-refractivity contribution in [3.63, 3.8) is 0 Å². The predicted molar refractivity (Wildman–Crippen MR) is 117 cm³/mol. The Hall–Kier alpha value is -2.08. The van der Waals surface area contributed by atoms with Crippen LogP contribution in [0.2, 0.25) is 5.02 Å². The van der Waals surface area contributed by atoms with Crippen molar-refractivity contribution in [2.45, 2.75) is 43.9 Å². The van der Waals surface area contributed by atoms with Gasteiger partial charge in [-0.3, -0.25) is 9.91 Å². The molecule has 5 nitrogen and oxygen atoms in total. The SMILES string of the molecule is CN1N=CCC1CC1(O)CCN(Cc2ccc(Oc3cccc(Cl)c3)cc2)CC1. The highest BCUT2D eigenvalue weighted by Gasteiger charge is 2.36. The van der Waals surface area contributed by atoms with Crippen molar-refractivity contribution in [2.75, 3.05) is 20.1 Å². The van der Waals surface area contributed by atoms with Gasteiger partial charge in [-0.1, -0.05) is 29.8 Å². The van der Waals surface area contributed by atoms with Crippen molar-refractivity contribution in [3.8, 4) is 11.5 Å². The summed E-state index contributed by atoms with van der Waals surface area (Å²) in [5.41, 5.74) is 0.676. The van der Waals surface area contributed by atoms with E-state index in [4.69, 9.17) is 16.3 Å². The third-order valence-corrected chi connectivity index (χ3v) is 6.17. The molecule has 0 saturated carbocycles. The molecule has 2 heterocycles. The number of halogens is 1. The molecule has 0 bridgehead atoms. The minimum atomic E-state index is -0.572. The van der Waals surface area contributed by atoms with Gasteiger partial charge in [-0.25, -0.2) is 0 Å². The molecule has 2 aliphatic rings. The summed E-state index contributed by atoms with van der Waals surface area (Å²) in [6, 6.07) is 15.9. The number of ether oxygens (including phenoxy) is 1. The lowest BCUT2D eigenvalue weighted by molar-refractivity contribution is -0.0432. The number of hydrogen-bond acceptors (Lipinski definition) is 5. The number of piperidine rings is 1. The number of hydrazone groups is 1. The molecule has 1 N–H and O–H groups in total. The molecule has 2 aliphatic heterocycles. The summed E-state index contributed by atoms with van der Waals surface area (Å²) in [4.78, 5) is 2.41. The fraction of sp³-hybridized carbons (Fsp3) is 0.435. The Kier molecular flexibility index (Phi) is 6.09. The Morgan fingerprint density at radius 1 is 1.14 bits per heavy atom. The molecule has 29 heavy (non-hydrogen) atoms. The van der Waals surface area contributed by atoms with Crippen LogP contribution in [0.4, 0.5) is 0 Å².